The average Bonchev–Trinajstić information content (AvgIpc) is 2.37. The standard InChI is InChI=1S/C15H21NO2/c1-11(2)7-9-16-15(17)13-8-10-18-14-6-4-3-5-12(13)14/h3-6,11,13H,7-10H2,1-2H3,(H,16,17). The first-order valence-corrected chi connectivity index (χ1v) is 6.68. The molecule has 0 spiro atoms. The van der Waals surface area contributed by atoms with E-state index in [2.05, 4.69) is 19.2 Å². The summed E-state index contributed by atoms with van der Waals surface area (Å²) in [6, 6.07) is 7.82. The summed E-state index contributed by atoms with van der Waals surface area (Å²) in [6.07, 6.45) is 1.79. The fourth-order valence-electron chi connectivity index (χ4n) is 2.22. The summed E-state index contributed by atoms with van der Waals surface area (Å²) in [4.78, 5) is 12.2. The van der Waals surface area contributed by atoms with Crippen LogP contribution < -0.4 is 10.1 Å². The van der Waals surface area contributed by atoms with Gasteiger partial charge < -0.3 is 10.1 Å². The van der Waals surface area contributed by atoms with Crippen LogP contribution in [0.3, 0.4) is 0 Å². The number of rotatable bonds is 4. The normalized spacial score (nSPS) is 18.1. The first-order valence-electron chi connectivity index (χ1n) is 6.68. The zero-order valence-corrected chi connectivity index (χ0v) is 11.1. The number of amides is 1. The van der Waals surface area contributed by atoms with Crippen LogP contribution in [0.5, 0.6) is 5.75 Å². The van der Waals surface area contributed by atoms with Crippen LogP contribution in [0.15, 0.2) is 24.3 Å². The molecule has 0 radical (unpaired) electrons. The van der Waals surface area contributed by atoms with Crippen molar-refractivity contribution in [3.8, 4) is 5.75 Å². The maximum Gasteiger partial charge on any atom is 0.227 e. The van der Waals surface area contributed by atoms with Crippen molar-refractivity contribution < 1.29 is 9.53 Å². The van der Waals surface area contributed by atoms with Gasteiger partial charge in [-0.3, -0.25) is 4.79 Å². The summed E-state index contributed by atoms with van der Waals surface area (Å²) in [7, 11) is 0. The molecule has 3 nitrogen and oxygen atoms in total. The SMILES string of the molecule is CC(C)CCNC(=O)C1CCOc2ccccc21. The second-order valence-corrected chi connectivity index (χ2v) is 5.20. The molecule has 1 unspecified atom stereocenters. The Morgan fingerprint density at radius 3 is 3.00 bits per heavy atom. The maximum absolute atomic E-state index is 12.2. The molecule has 98 valence electrons. The minimum absolute atomic E-state index is 0.0536. The van der Waals surface area contributed by atoms with E-state index in [9.17, 15) is 4.79 Å². The molecule has 18 heavy (non-hydrogen) atoms. The Balaban J connectivity index is 1.99. The van der Waals surface area contributed by atoms with Gasteiger partial charge in [-0.05, 0) is 24.8 Å². The van der Waals surface area contributed by atoms with Crippen LogP contribution in [0, 0.1) is 5.92 Å². The molecule has 1 aromatic rings. The topological polar surface area (TPSA) is 38.3 Å². The summed E-state index contributed by atoms with van der Waals surface area (Å²) >= 11 is 0. The van der Waals surface area contributed by atoms with Crippen molar-refractivity contribution in [3.05, 3.63) is 29.8 Å². The Labute approximate surface area is 109 Å². The largest absolute Gasteiger partial charge is 0.493 e. The number of ether oxygens (including phenoxy) is 1. The Hall–Kier alpha value is -1.51. The summed E-state index contributed by atoms with van der Waals surface area (Å²) in [5.74, 6) is 1.55. The fourth-order valence-corrected chi connectivity index (χ4v) is 2.22. The minimum atomic E-state index is -0.0536. The van der Waals surface area contributed by atoms with Gasteiger partial charge in [-0.15, -0.1) is 0 Å². The number of fused-ring (bicyclic) bond motifs is 1. The van der Waals surface area contributed by atoms with Gasteiger partial charge in [0.1, 0.15) is 5.75 Å². The number of carbonyl (C=O) groups excluding carboxylic acids is 1. The molecule has 1 amide bonds. The molecule has 0 fully saturated rings. The first-order chi connectivity index (χ1) is 8.68. The molecule has 1 aliphatic heterocycles. The van der Waals surface area contributed by atoms with Crippen LogP contribution in [-0.4, -0.2) is 19.1 Å². The molecule has 1 heterocycles. The van der Waals surface area contributed by atoms with E-state index in [1.54, 1.807) is 0 Å². The van der Waals surface area contributed by atoms with E-state index < -0.39 is 0 Å². The van der Waals surface area contributed by atoms with E-state index in [-0.39, 0.29) is 11.8 Å². The second kappa shape index (κ2) is 5.89. The number of para-hydroxylation sites is 1. The lowest BCUT2D eigenvalue weighted by Crippen LogP contribution is -2.33. The van der Waals surface area contributed by atoms with Crippen LogP contribution in [0.2, 0.25) is 0 Å². The van der Waals surface area contributed by atoms with Crippen molar-refractivity contribution in [3.63, 3.8) is 0 Å². The fraction of sp³-hybridized carbons (Fsp3) is 0.533. The van der Waals surface area contributed by atoms with Crippen molar-refractivity contribution in [2.24, 2.45) is 5.92 Å². The molecule has 0 saturated carbocycles. The quantitative estimate of drug-likeness (QED) is 0.888. The Morgan fingerprint density at radius 2 is 2.22 bits per heavy atom. The van der Waals surface area contributed by atoms with Crippen molar-refractivity contribution in [2.75, 3.05) is 13.2 Å². The number of hydrogen-bond donors (Lipinski definition) is 1. The molecule has 2 rings (SSSR count). The van der Waals surface area contributed by atoms with E-state index in [1.807, 2.05) is 24.3 Å². The highest BCUT2D eigenvalue weighted by Crippen LogP contribution is 2.33. The zero-order chi connectivity index (χ0) is 13.0. The van der Waals surface area contributed by atoms with E-state index >= 15 is 0 Å². The van der Waals surface area contributed by atoms with Gasteiger partial charge in [0, 0.05) is 12.1 Å². The van der Waals surface area contributed by atoms with Gasteiger partial charge in [-0.1, -0.05) is 32.0 Å². The number of benzene rings is 1. The average molecular weight is 247 g/mol. The van der Waals surface area contributed by atoms with Crippen molar-refractivity contribution in [2.45, 2.75) is 32.6 Å². The molecular formula is C15H21NO2. The van der Waals surface area contributed by atoms with Crippen molar-refractivity contribution in [1.82, 2.24) is 5.32 Å². The monoisotopic (exact) mass is 247 g/mol. The molecule has 1 N–H and O–H groups in total. The molecule has 1 atom stereocenters. The lowest BCUT2D eigenvalue weighted by atomic mass is 9.92. The Bertz CT molecular complexity index is 415. The smallest absolute Gasteiger partial charge is 0.227 e. The van der Waals surface area contributed by atoms with Crippen LogP contribution in [0.25, 0.3) is 0 Å². The van der Waals surface area contributed by atoms with Gasteiger partial charge in [0.25, 0.3) is 0 Å². The number of nitrogens with one attached hydrogen (secondary N) is 1. The highest BCUT2D eigenvalue weighted by atomic mass is 16.5. The lowest BCUT2D eigenvalue weighted by Gasteiger charge is -2.25. The Kier molecular flexibility index (Phi) is 4.24. The van der Waals surface area contributed by atoms with Gasteiger partial charge >= 0.3 is 0 Å². The van der Waals surface area contributed by atoms with E-state index in [4.69, 9.17) is 4.74 Å². The molecule has 1 aromatic carbocycles. The predicted molar refractivity (Wildman–Crippen MR) is 71.8 cm³/mol. The zero-order valence-electron chi connectivity index (χ0n) is 11.1. The van der Waals surface area contributed by atoms with E-state index in [0.717, 1.165) is 30.7 Å². The van der Waals surface area contributed by atoms with Gasteiger partial charge in [0.2, 0.25) is 5.91 Å². The third kappa shape index (κ3) is 3.03. The summed E-state index contributed by atoms with van der Waals surface area (Å²) in [6.45, 7) is 5.71. The summed E-state index contributed by atoms with van der Waals surface area (Å²) < 4.78 is 5.57. The van der Waals surface area contributed by atoms with Crippen LogP contribution in [0.1, 0.15) is 38.2 Å². The summed E-state index contributed by atoms with van der Waals surface area (Å²) in [5, 5.41) is 3.03. The maximum atomic E-state index is 12.2. The number of hydrogen-bond acceptors (Lipinski definition) is 2. The molecule has 1 aliphatic rings. The molecule has 0 bridgehead atoms. The van der Waals surface area contributed by atoms with Crippen LogP contribution in [-0.2, 0) is 4.79 Å². The second-order valence-electron chi connectivity index (χ2n) is 5.20. The van der Waals surface area contributed by atoms with Crippen LogP contribution >= 0.6 is 0 Å². The third-order valence-electron chi connectivity index (χ3n) is 3.30. The Morgan fingerprint density at radius 1 is 1.44 bits per heavy atom. The highest BCUT2D eigenvalue weighted by Gasteiger charge is 2.26. The van der Waals surface area contributed by atoms with E-state index in [0.29, 0.717) is 12.5 Å². The van der Waals surface area contributed by atoms with Gasteiger partial charge in [-0.25, -0.2) is 0 Å². The molecule has 0 aliphatic carbocycles. The first kappa shape index (κ1) is 12.9. The van der Waals surface area contributed by atoms with Gasteiger partial charge in [-0.2, -0.15) is 0 Å². The van der Waals surface area contributed by atoms with Gasteiger partial charge in [0.15, 0.2) is 0 Å². The van der Waals surface area contributed by atoms with Crippen molar-refractivity contribution >= 4 is 5.91 Å². The van der Waals surface area contributed by atoms with Crippen molar-refractivity contribution in [1.29, 1.82) is 0 Å². The van der Waals surface area contributed by atoms with E-state index in [1.165, 1.54) is 0 Å². The minimum Gasteiger partial charge on any atom is -0.493 e. The predicted octanol–water partition coefficient (Wildman–Crippen LogP) is 2.72. The van der Waals surface area contributed by atoms with Gasteiger partial charge in [0.05, 0.1) is 12.5 Å². The third-order valence-corrected chi connectivity index (χ3v) is 3.30. The molecule has 0 aromatic heterocycles. The molecule has 0 saturated heterocycles. The highest BCUT2D eigenvalue weighted by molar-refractivity contribution is 5.84. The van der Waals surface area contributed by atoms with Crippen LogP contribution in [0.4, 0.5) is 0 Å². The summed E-state index contributed by atoms with van der Waals surface area (Å²) in [5.41, 5.74) is 1.02. The lowest BCUT2D eigenvalue weighted by molar-refractivity contribution is -0.123. The molecule has 3 heteroatoms. The molecular weight excluding hydrogens is 226 g/mol. The number of carbonyl (C=O) groups is 1.